The maximum atomic E-state index is 11.6. The Labute approximate surface area is 95.6 Å². The fraction of sp³-hybridized carbons (Fsp3) is 0.667. The molecule has 0 N–H and O–H groups in total. The third-order valence-electron chi connectivity index (χ3n) is 2.28. The quantitative estimate of drug-likeness (QED) is 0.689. The van der Waals surface area contributed by atoms with Gasteiger partial charge in [-0.3, -0.25) is 9.59 Å². The van der Waals surface area contributed by atoms with Gasteiger partial charge in [0.05, 0.1) is 0 Å². The molecule has 1 aliphatic rings. The van der Waals surface area contributed by atoms with E-state index in [-0.39, 0.29) is 23.4 Å². The second-order valence-electron chi connectivity index (χ2n) is 4.30. The average Bonchev–Trinajstić information content (AvgIpc) is 2.44. The largest absolute Gasteiger partial charge is 0.483 e. The second-order valence-corrected chi connectivity index (χ2v) is 4.30. The van der Waals surface area contributed by atoms with Crippen LogP contribution in [-0.4, -0.2) is 17.9 Å². The van der Waals surface area contributed by atoms with Gasteiger partial charge in [0, 0.05) is 12.8 Å². The normalized spacial score (nSPS) is 20.3. The molecule has 0 aliphatic carbocycles. The zero-order chi connectivity index (χ0) is 12.3. The van der Waals surface area contributed by atoms with Crippen LogP contribution in [0.3, 0.4) is 0 Å². The predicted octanol–water partition coefficient (Wildman–Crippen LogP) is 2.19. The van der Waals surface area contributed by atoms with Crippen LogP contribution in [0, 0.1) is 5.92 Å². The summed E-state index contributed by atoms with van der Waals surface area (Å²) in [5.41, 5.74) is 0. The van der Waals surface area contributed by atoms with Crippen LogP contribution in [0.4, 0.5) is 0 Å². The lowest BCUT2D eigenvalue weighted by atomic mass is 10.1. The smallest absolute Gasteiger partial charge is 0.311 e. The molecule has 4 heteroatoms. The van der Waals surface area contributed by atoms with E-state index in [1.54, 1.807) is 6.92 Å². The van der Waals surface area contributed by atoms with Gasteiger partial charge in [0.15, 0.2) is 6.10 Å². The lowest BCUT2D eigenvalue weighted by Gasteiger charge is -2.06. The maximum absolute atomic E-state index is 11.6. The number of carbonyl (C=O) groups excluding carboxylic acids is 2. The van der Waals surface area contributed by atoms with Crippen LogP contribution >= 0.6 is 0 Å². The molecule has 0 spiro atoms. The Balaban J connectivity index is 2.71. The van der Waals surface area contributed by atoms with Gasteiger partial charge < -0.3 is 9.47 Å². The Bertz CT molecular complexity index is 328. The molecule has 1 heterocycles. The average molecular weight is 226 g/mol. The highest BCUT2D eigenvalue weighted by atomic mass is 16.6. The molecule has 0 radical (unpaired) electrons. The summed E-state index contributed by atoms with van der Waals surface area (Å²) in [7, 11) is 0. The molecule has 1 atom stereocenters. The first kappa shape index (κ1) is 12.7. The first-order chi connectivity index (χ1) is 7.45. The summed E-state index contributed by atoms with van der Waals surface area (Å²) < 4.78 is 10.4. The van der Waals surface area contributed by atoms with E-state index in [1.165, 1.54) is 0 Å². The Morgan fingerprint density at radius 1 is 1.50 bits per heavy atom. The molecule has 0 fully saturated rings. The van der Waals surface area contributed by atoms with Crippen molar-refractivity contribution in [2.75, 3.05) is 0 Å². The summed E-state index contributed by atoms with van der Waals surface area (Å²) in [5, 5.41) is 0. The number of Topliss-reactive ketones (excluding diaryl/α,β-unsaturated/α-hetero) is 1. The molecule has 4 nitrogen and oxygen atoms in total. The van der Waals surface area contributed by atoms with Gasteiger partial charge in [0.1, 0.15) is 5.76 Å². The van der Waals surface area contributed by atoms with Gasteiger partial charge in [-0.2, -0.15) is 0 Å². The van der Waals surface area contributed by atoms with Gasteiger partial charge in [-0.1, -0.05) is 20.8 Å². The van der Waals surface area contributed by atoms with Crippen LogP contribution in [0.1, 0.15) is 40.5 Å². The highest BCUT2D eigenvalue weighted by Crippen LogP contribution is 2.25. The van der Waals surface area contributed by atoms with E-state index in [9.17, 15) is 9.59 Å². The topological polar surface area (TPSA) is 52.6 Å². The number of rotatable bonds is 4. The molecule has 0 amide bonds. The van der Waals surface area contributed by atoms with Crippen LogP contribution in [0.5, 0.6) is 0 Å². The minimum absolute atomic E-state index is 0.0978. The second kappa shape index (κ2) is 5.14. The summed E-state index contributed by atoms with van der Waals surface area (Å²) in [5.74, 6) is 0.180. The van der Waals surface area contributed by atoms with Crippen molar-refractivity contribution < 1.29 is 19.1 Å². The molecule has 90 valence electrons. The molecular formula is C12H18O4. The standard InChI is InChI=1S/C12H18O4/c1-5-9-12(11(14)8(4)15-9)16-10(13)6-7(2)3/h7-8H,5-6H2,1-4H3. The van der Waals surface area contributed by atoms with E-state index in [1.807, 2.05) is 20.8 Å². The van der Waals surface area contributed by atoms with Gasteiger partial charge in [-0.05, 0) is 12.8 Å². The molecule has 1 aliphatic heterocycles. The van der Waals surface area contributed by atoms with Gasteiger partial charge in [0.25, 0.3) is 0 Å². The van der Waals surface area contributed by atoms with Crippen molar-refractivity contribution in [1.29, 1.82) is 0 Å². The fourth-order valence-corrected chi connectivity index (χ4v) is 1.48. The lowest BCUT2D eigenvalue weighted by Crippen LogP contribution is -2.17. The number of ether oxygens (including phenoxy) is 2. The van der Waals surface area contributed by atoms with Crippen LogP contribution in [0.2, 0.25) is 0 Å². The van der Waals surface area contributed by atoms with Crippen LogP contribution in [0.15, 0.2) is 11.5 Å². The molecule has 1 rings (SSSR count). The van der Waals surface area contributed by atoms with Gasteiger partial charge in [-0.25, -0.2) is 0 Å². The molecule has 0 saturated carbocycles. The maximum Gasteiger partial charge on any atom is 0.311 e. The van der Waals surface area contributed by atoms with Crippen LogP contribution in [-0.2, 0) is 19.1 Å². The number of carbonyl (C=O) groups is 2. The number of esters is 1. The van der Waals surface area contributed by atoms with Crippen molar-refractivity contribution in [3.63, 3.8) is 0 Å². The van der Waals surface area contributed by atoms with Crippen molar-refractivity contribution in [3.05, 3.63) is 11.5 Å². The summed E-state index contributed by atoms with van der Waals surface area (Å²) >= 11 is 0. The Hall–Kier alpha value is -1.32. The third kappa shape index (κ3) is 2.84. The van der Waals surface area contributed by atoms with Crippen molar-refractivity contribution in [1.82, 2.24) is 0 Å². The number of hydrogen-bond acceptors (Lipinski definition) is 4. The summed E-state index contributed by atoms with van der Waals surface area (Å²) in [6.45, 7) is 7.36. The highest BCUT2D eigenvalue weighted by Gasteiger charge is 2.34. The van der Waals surface area contributed by atoms with Gasteiger partial charge >= 0.3 is 5.97 Å². The summed E-state index contributed by atoms with van der Waals surface area (Å²) in [4.78, 5) is 23.1. The fourth-order valence-electron chi connectivity index (χ4n) is 1.48. The van der Waals surface area contributed by atoms with Crippen molar-refractivity contribution >= 4 is 11.8 Å². The molecular weight excluding hydrogens is 208 g/mol. The molecule has 0 aromatic carbocycles. The van der Waals surface area contributed by atoms with E-state index < -0.39 is 6.10 Å². The zero-order valence-electron chi connectivity index (χ0n) is 10.2. The molecule has 1 unspecified atom stereocenters. The minimum atomic E-state index is -0.531. The number of ketones is 1. The first-order valence-corrected chi connectivity index (χ1v) is 5.60. The number of hydrogen-bond donors (Lipinski definition) is 0. The van der Waals surface area contributed by atoms with Gasteiger partial charge in [0.2, 0.25) is 11.5 Å². The van der Waals surface area contributed by atoms with E-state index in [0.717, 1.165) is 0 Å². The molecule has 0 aromatic rings. The Morgan fingerprint density at radius 3 is 2.62 bits per heavy atom. The molecule has 0 aromatic heterocycles. The zero-order valence-corrected chi connectivity index (χ0v) is 10.2. The minimum Gasteiger partial charge on any atom is -0.483 e. The predicted molar refractivity (Wildman–Crippen MR) is 58.4 cm³/mol. The lowest BCUT2D eigenvalue weighted by molar-refractivity contribution is -0.143. The van der Waals surface area contributed by atoms with Crippen molar-refractivity contribution in [2.45, 2.75) is 46.6 Å². The van der Waals surface area contributed by atoms with Crippen LogP contribution in [0.25, 0.3) is 0 Å². The van der Waals surface area contributed by atoms with E-state index in [0.29, 0.717) is 18.6 Å². The molecule has 0 bridgehead atoms. The SMILES string of the molecule is CCC1=C(OC(=O)CC(C)C)C(=O)C(C)O1. The third-order valence-corrected chi connectivity index (χ3v) is 2.28. The number of allylic oxidation sites excluding steroid dienone is 1. The van der Waals surface area contributed by atoms with E-state index in [4.69, 9.17) is 9.47 Å². The first-order valence-electron chi connectivity index (χ1n) is 5.60. The Kier molecular flexibility index (Phi) is 4.10. The Morgan fingerprint density at radius 2 is 2.12 bits per heavy atom. The van der Waals surface area contributed by atoms with E-state index in [2.05, 4.69) is 0 Å². The van der Waals surface area contributed by atoms with Crippen LogP contribution < -0.4 is 0 Å². The monoisotopic (exact) mass is 226 g/mol. The van der Waals surface area contributed by atoms with Crippen molar-refractivity contribution in [2.24, 2.45) is 5.92 Å². The van der Waals surface area contributed by atoms with Gasteiger partial charge in [-0.15, -0.1) is 0 Å². The molecule has 0 saturated heterocycles. The summed E-state index contributed by atoms with van der Waals surface area (Å²) in [6.07, 6.45) is 0.333. The summed E-state index contributed by atoms with van der Waals surface area (Å²) in [6, 6.07) is 0. The highest BCUT2D eigenvalue weighted by molar-refractivity contribution is 6.00. The molecule has 16 heavy (non-hydrogen) atoms. The van der Waals surface area contributed by atoms with Crippen molar-refractivity contribution in [3.8, 4) is 0 Å². The van der Waals surface area contributed by atoms with E-state index >= 15 is 0 Å².